The van der Waals surface area contributed by atoms with E-state index < -0.39 is 17.8 Å². The van der Waals surface area contributed by atoms with Crippen LogP contribution in [0.25, 0.3) is 0 Å². The number of primary amides is 1. The van der Waals surface area contributed by atoms with Gasteiger partial charge in [-0.1, -0.05) is 0 Å². The van der Waals surface area contributed by atoms with Gasteiger partial charge in [0.15, 0.2) is 0 Å². The zero-order valence-corrected chi connectivity index (χ0v) is 10.5. The molecule has 0 spiro atoms. The van der Waals surface area contributed by atoms with E-state index in [1.165, 1.54) is 12.3 Å². The maximum absolute atomic E-state index is 11.3. The first kappa shape index (κ1) is 13.2. The lowest BCUT2D eigenvalue weighted by molar-refractivity contribution is -0.152. The highest BCUT2D eigenvalue weighted by Gasteiger charge is 2.18. The van der Waals surface area contributed by atoms with Crippen molar-refractivity contribution in [1.29, 1.82) is 0 Å². The molecule has 0 bridgehead atoms. The van der Waals surface area contributed by atoms with Gasteiger partial charge in [0.1, 0.15) is 5.69 Å². The number of aromatic nitrogens is 1. The summed E-state index contributed by atoms with van der Waals surface area (Å²) >= 11 is 3.11. The number of nitrogens with one attached hydrogen (secondary N) is 1. The minimum absolute atomic E-state index is 0.0366. The second-order valence-corrected chi connectivity index (χ2v) is 3.85. The first-order valence-electron chi connectivity index (χ1n) is 4.61. The topological polar surface area (TPSA) is 103 Å². The van der Waals surface area contributed by atoms with Crippen LogP contribution < -0.4 is 11.2 Å². The number of carbonyl (C=O) groups is 3. The molecule has 0 radical (unpaired) electrons. The first-order valence-corrected chi connectivity index (χ1v) is 5.40. The molecular weight excluding hydrogens is 294 g/mol. The largest absolute Gasteiger partial charge is 0.459 e. The van der Waals surface area contributed by atoms with Gasteiger partial charge in [-0.15, -0.1) is 0 Å². The van der Waals surface area contributed by atoms with Crippen molar-refractivity contribution in [3.63, 3.8) is 0 Å². The van der Waals surface area contributed by atoms with Crippen LogP contribution in [0.15, 0.2) is 16.7 Å². The van der Waals surface area contributed by atoms with E-state index in [4.69, 9.17) is 5.73 Å². The van der Waals surface area contributed by atoms with Crippen LogP contribution in [0.4, 0.5) is 0 Å². The fourth-order valence-corrected chi connectivity index (χ4v) is 1.49. The minimum Gasteiger partial charge on any atom is -0.459 e. The van der Waals surface area contributed by atoms with Crippen molar-refractivity contribution >= 4 is 33.7 Å². The van der Waals surface area contributed by atoms with Crippen LogP contribution in [0.5, 0.6) is 0 Å². The molecule has 0 saturated heterocycles. The Morgan fingerprint density at radius 3 is 2.71 bits per heavy atom. The summed E-state index contributed by atoms with van der Waals surface area (Å²) in [5.41, 5.74) is 7.30. The molecular formula is C9H10BrN3O4. The number of amides is 2. The maximum atomic E-state index is 11.3. The number of ether oxygens (including phenoxy) is 1. The van der Waals surface area contributed by atoms with Crippen LogP contribution in [0, 0.1) is 0 Å². The van der Waals surface area contributed by atoms with E-state index in [2.05, 4.69) is 26.1 Å². The lowest BCUT2D eigenvalue weighted by atomic mass is 10.4. The van der Waals surface area contributed by atoms with Crippen molar-refractivity contribution in [2.24, 2.45) is 5.73 Å². The van der Waals surface area contributed by atoms with E-state index in [0.717, 1.165) is 4.68 Å². The van der Waals surface area contributed by atoms with Crippen molar-refractivity contribution in [2.75, 3.05) is 12.0 Å². The van der Waals surface area contributed by atoms with E-state index in [1.807, 2.05) is 0 Å². The van der Waals surface area contributed by atoms with Gasteiger partial charge in [0.05, 0.1) is 6.61 Å². The number of rotatable bonds is 3. The molecule has 1 aromatic rings. The van der Waals surface area contributed by atoms with Gasteiger partial charge < -0.3 is 10.5 Å². The van der Waals surface area contributed by atoms with Crippen molar-refractivity contribution in [1.82, 2.24) is 4.68 Å². The summed E-state index contributed by atoms with van der Waals surface area (Å²) in [5, 5.41) is 0. The molecule has 0 saturated carbocycles. The van der Waals surface area contributed by atoms with Gasteiger partial charge in [0, 0.05) is 10.7 Å². The Morgan fingerprint density at radius 2 is 2.18 bits per heavy atom. The smallest absolute Gasteiger partial charge is 0.398 e. The number of hydrogen-bond donors (Lipinski definition) is 2. The van der Waals surface area contributed by atoms with Crippen LogP contribution in [-0.2, 0) is 14.3 Å². The summed E-state index contributed by atoms with van der Waals surface area (Å²) in [6.07, 6.45) is 1.39. The van der Waals surface area contributed by atoms with Gasteiger partial charge >= 0.3 is 11.9 Å². The van der Waals surface area contributed by atoms with Crippen molar-refractivity contribution in [3.05, 3.63) is 22.4 Å². The van der Waals surface area contributed by atoms with Gasteiger partial charge in [-0.05, 0) is 28.9 Å². The second kappa shape index (κ2) is 5.48. The molecule has 2 amide bonds. The van der Waals surface area contributed by atoms with Crippen LogP contribution in [0.2, 0.25) is 0 Å². The van der Waals surface area contributed by atoms with Crippen molar-refractivity contribution in [3.8, 4) is 0 Å². The molecule has 0 atom stereocenters. The lowest BCUT2D eigenvalue weighted by Gasteiger charge is -2.07. The third-order valence-corrected chi connectivity index (χ3v) is 2.16. The van der Waals surface area contributed by atoms with Gasteiger partial charge in [-0.25, -0.2) is 4.79 Å². The molecule has 1 aromatic heterocycles. The Kier molecular flexibility index (Phi) is 4.27. The fraction of sp³-hybridized carbons (Fsp3) is 0.222. The lowest BCUT2D eigenvalue weighted by Crippen LogP contribution is -2.33. The Balaban J connectivity index is 2.84. The van der Waals surface area contributed by atoms with E-state index in [-0.39, 0.29) is 12.3 Å². The zero-order valence-electron chi connectivity index (χ0n) is 8.90. The molecule has 1 rings (SSSR count). The Labute approximate surface area is 105 Å². The average molecular weight is 304 g/mol. The van der Waals surface area contributed by atoms with Crippen molar-refractivity contribution < 1.29 is 19.1 Å². The summed E-state index contributed by atoms with van der Waals surface area (Å²) < 4.78 is 6.08. The van der Waals surface area contributed by atoms with Gasteiger partial charge in [0.2, 0.25) is 0 Å². The van der Waals surface area contributed by atoms with E-state index in [9.17, 15) is 14.4 Å². The number of hydrogen-bond acceptors (Lipinski definition) is 4. The number of halogens is 1. The van der Waals surface area contributed by atoms with Crippen LogP contribution >= 0.6 is 15.9 Å². The van der Waals surface area contributed by atoms with E-state index in [1.54, 1.807) is 6.92 Å². The van der Waals surface area contributed by atoms with Gasteiger partial charge in [0.25, 0.3) is 5.91 Å². The summed E-state index contributed by atoms with van der Waals surface area (Å²) in [6.45, 7) is 1.66. The van der Waals surface area contributed by atoms with Gasteiger partial charge in [-0.3, -0.25) is 19.7 Å². The highest BCUT2D eigenvalue weighted by Crippen LogP contribution is 2.13. The Bertz CT molecular complexity index is 469. The molecule has 17 heavy (non-hydrogen) atoms. The third-order valence-electron chi connectivity index (χ3n) is 1.72. The summed E-state index contributed by atoms with van der Waals surface area (Å²) in [4.78, 5) is 33.4. The normalized spacial score (nSPS) is 9.76. The van der Waals surface area contributed by atoms with E-state index in [0.29, 0.717) is 4.47 Å². The number of nitrogens with two attached hydrogens (primary N) is 1. The van der Waals surface area contributed by atoms with Crippen LogP contribution in [0.3, 0.4) is 0 Å². The SMILES string of the molecule is CCOC(=O)C(=O)Nn1cc(Br)cc1C(N)=O. The zero-order chi connectivity index (χ0) is 13.0. The predicted molar refractivity (Wildman–Crippen MR) is 61.7 cm³/mol. The third kappa shape index (κ3) is 3.31. The monoisotopic (exact) mass is 303 g/mol. The molecule has 0 aliphatic heterocycles. The quantitative estimate of drug-likeness (QED) is 0.605. The van der Waals surface area contributed by atoms with Crippen LogP contribution in [0.1, 0.15) is 17.4 Å². The molecule has 8 heteroatoms. The minimum atomic E-state index is -1.03. The van der Waals surface area contributed by atoms with Gasteiger partial charge in [-0.2, -0.15) is 0 Å². The molecule has 0 fully saturated rings. The molecule has 3 N–H and O–H groups in total. The molecule has 0 aromatic carbocycles. The summed E-state index contributed by atoms with van der Waals surface area (Å²) in [7, 11) is 0. The van der Waals surface area contributed by atoms with E-state index >= 15 is 0 Å². The Hall–Kier alpha value is -1.83. The van der Waals surface area contributed by atoms with Crippen molar-refractivity contribution in [2.45, 2.75) is 6.92 Å². The predicted octanol–water partition coefficient (Wildman–Crippen LogP) is -0.0173. The highest BCUT2D eigenvalue weighted by atomic mass is 79.9. The number of esters is 1. The fourth-order valence-electron chi connectivity index (χ4n) is 1.06. The highest BCUT2D eigenvalue weighted by molar-refractivity contribution is 9.10. The maximum Gasteiger partial charge on any atom is 0.398 e. The molecule has 0 aliphatic rings. The first-order chi connectivity index (χ1) is 7.95. The molecule has 1 heterocycles. The molecule has 0 unspecified atom stereocenters. The summed E-state index contributed by atoms with van der Waals surface area (Å²) in [5.74, 6) is -2.76. The number of carbonyl (C=O) groups excluding carboxylic acids is 3. The average Bonchev–Trinajstić information content (AvgIpc) is 2.60. The standard InChI is InChI=1S/C9H10BrN3O4/c1-2-17-9(16)8(15)12-13-4-5(10)3-6(13)7(11)14/h3-4H,2H2,1H3,(H2,11,14)(H,12,15). The number of nitrogens with zero attached hydrogens (tertiary/aromatic N) is 1. The van der Waals surface area contributed by atoms with Crippen LogP contribution in [-0.4, -0.2) is 29.1 Å². The molecule has 0 aliphatic carbocycles. The second-order valence-electron chi connectivity index (χ2n) is 2.94. The molecule has 92 valence electrons. The summed E-state index contributed by atoms with van der Waals surface area (Å²) in [6, 6.07) is 1.41. The Morgan fingerprint density at radius 1 is 1.53 bits per heavy atom. The molecule has 7 nitrogen and oxygen atoms in total.